The summed E-state index contributed by atoms with van der Waals surface area (Å²) >= 11 is 4.79. The van der Waals surface area contributed by atoms with Crippen LogP contribution in [0.1, 0.15) is 0 Å². The zero-order chi connectivity index (χ0) is 11.3. The molecule has 0 amide bonds. The standard InChI is InChI=1S/C8H11NO4S/c1-9(2)4-6(14)5(8(12)13)3-7(10)11/h3H,4H2,1-2H3,(H,10,11)(H,12,13)/b5-3-. The van der Waals surface area contributed by atoms with E-state index in [0.29, 0.717) is 6.08 Å². The zero-order valence-corrected chi connectivity index (χ0v) is 8.67. The fraction of sp³-hybridized carbons (Fsp3) is 0.375. The summed E-state index contributed by atoms with van der Waals surface area (Å²) in [5.41, 5.74) is -0.346. The fourth-order valence-corrected chi connectivity index (χ4v) is 1.16. The Morgan fingerprint density at radius 2 is 1.86 bits per heavy atom. The van der Waals surface area contributed by atoms with Crippen LogP contribution in [0.15, 0.2) is 11.6 Å². The molecule has 0 radical (unpaired) electrons. The average molecular weight is 217 g/mol. The summed E-state index contributed by atoms with van der Waals surface area (Å²) in [5, 5.41) is 17.1. The minimum Gasteiger partial charge on any atom is -0.478 e. The van der Waals surface area contributed by atoms with Crippen molar-refractivity contribution in [2.75, 3.05) is 20.6 Å². The molecular formula is C8H11NO4S. The highest BCUT2D eigenvalue weighted by molar-refractivity contribution is 7.81. The van der Waals surface area contributed by atoms with Gasteiger partial charge in [0.2, 0.25) is 0 Å². The van der Waals surface area contributed by atoms with Crippen molar-refractivity contribution in [3.63, 3.8) is 0 Å². The zero-order valence-electron chi connectivity index (χ0n) is 7.85. The molecule has 0 rings (SSSR count). The second kappa shape index (κ2) is 5.46. The Balaban J connectivity index is 4.76. The molecule has 0 aliphatic carbocycles. The number of carbonyl (C=O) groups is 2. The molecular weight excluding hydrogens is 206 g/mol. The summed E-state index contributed by atoms with van der Waals surface area (Å²) in [6, 6.07) is 0. The number of carboxylic acid groups (broad SMARTS) is 2. The van der Waals surface area contributed by atoms with Gasteiger partial charge in [-0.3, -0.25) is 0 Å². The van der Waals surface area contributed by atoms with Crippen molar-refractivity contribution < 1.29 is 19.8 Å². The Hall–Kier alpha value is -1.27. The van der Waals surface area contributed by atoms with E-state index in [-0.39, 0.29) is 17.0 Å². The number of carboxylic acids is 2. The SMILES string of the molecule is CN(C)CC(=S)/C(=C/C(=O)O)C(=O)O. The molecule has 0 aromatic heterocycles. The van der Waals surface area contributed by atoms with E-state index < -0.39 is 11.9 Å². The van der Waals surface area contributed by atoms with Crippen molar-refractivity contribution in [3.05, 3.63) is 11.6 Å². The lowest BCUT2D eigenvalue weighted by atomic mass is 10.1. The molecule has 0 atom stereocenters. The molecule has 0 spiro atoms. The fourth-order valence-electron chi connectivity index (χ4n) is 0.757. The number of rotatable bonds is 5. The highest BCUT2D eigenvalue weighted by atomic mass is 32.1. The first kappa shape index (κ1) is 12.7. The van der Waals surface area contributed by atoms with Crippen LogP contribution in [0.5, 0.6) is 0 Å². The van der Waals surface area contributed by atoms with E-state index in [1.165, 1.54) is 0 Å². The van der Waals surface area contributed by atoms with Crippen LogP contribution in [0, 0.1) is 0 Å². The Labute approximate surface area is 86.6 Å². The summed E-state index contributed by atoms with van der Waals surface area (Å²) in [7, 11) is 3.43. The van der Waals surface area contributed by atoms with Crippen molar-refractivity contribution in [1.82, 2.24) is 4.90 Å². The second-order valence-electron chi connectivity index (χ2n) is 2.86. The maximum absolute atomic E-state index is 10.6. The first-order chi connectivity index (χ1) is 6.34. The molecule has 0 aromatic rings. The molecule has 2 N–H and O–H groups in total. The van der Waals surface area contributed by atoms with Crippen molar-refractivity contribution >= 4 is 29.0 Å². The molecule has 0 unspecified atom stereocenters. The lowest BCUT2D eigenvalue weighted by molar-refractivity contribution is -0.134. The van der Waals surface area contributed by atoms with Crippen LogP contribution < -0.4 is 0 Å². The maximum Gasteiger partial charge on any atom is 0.337 e. The monoisotopic (exact) mass is 217 g/mol. The van der Waals surface area contributed by atoms with E-state index in [1.807, 2.05) is 0 Å². The molecule has 0 saturated heterocycles. The maximum atomic E-state index is 10.6. The van der Waals surface area contributed by atoms with Gasteiger partial charge in [0.25, 0.3) is 0 Å². The van der Waals surface area contributed by atoms with Gasteiger partial charge in [-0.2, -0.15) is 0 Å². The largest absolute Gasteiger partial charge is 0.478 e. The van der Waals surface area contributed by atoms with Crippen LogP contribution >= 0.6 is 12.2 Å². The van der Waals surface area contributed by atoms with Gasteiger partial charge in [-0.15, -0.1) is 0 Å². The van der Waals surface area contributed by atoms with Gasteiger partial charge in [-0.1, -0.05) is 12.2 Å². The number of thiocarbonyl (C=S) groups is 1. The molecule has 5 nitrogen and oxygen atoms in total. The van der Waals surface area contributed by atoms with Crippen molar-refractivity contribution in [2.24, 2.45) is 0 Å². The number of hydrogen-bond donors (Lipinski definition) is 2. The Bertz CT molecular complexity index is 296. The van der Waals surface area contributed by atoms with Gasteiger partial charge in [-0.25, -0.2) is 9.59 Å². The van der Waals surface area contributed by atoms with Crippen molar-refractivity contribution in [2.45, 2.75) is 0 Å². The second-order valence-corrected chi connectivity index (χ2v) is 3.36. The molecule has 14 heavy (non-hydrogen) atoms. The first-order valence-corrected chi connectivity index (χ1v) is 4.11. The van der Waals surface area contributed by atoms with Crippen molar-refractivity contribution in [3.8, 4) is 0 Å². The molecule has 0 heterocycles. The summed E-state index contributed by atoms with van der Waals surface area (Å²) in [5.74, 6) is -2.64. The van der Waals surface area contributed by atoms with E-state index in [2.05, 4.69) is 0 Å². The molecule has 0 fully saturated rings. The summed E-state index contributed by atoms with van der Waals surface area (Å²) in [4.78, 5) is 22.7. The summed E-state index contributed by atoms with van der Waals surface area (Å²) in [6.07, 6.45) is 0.605. The van der Waals surface area contributed by atoms with Crippen LogP contribution in [0.25, 0.3) is 0 Å². The third-order valence-electron chi connectivity index (χ3n) is 1.26. The lowest BCUT2D eigenvalue weighted by Crippen LogP contribution is -2.25. The molecule has 0 bridgehead atoms. The van der Waals surface area contributed by atoms with Gasteiger partial charge in [0.1, 0.15) is 0 Å². The van der Waals surface area contributed by atoms with E-state index in [1.54, 1.807) is 19.0 Å². The minimum absolute atomic E-state index is 0.102. The van der Waals surface area contributed by atoms with Gasteiger partial charge < -0.3 is 15.1 Å². The van der Waals surface area contributed by atoms with Gasteiger partial charge in [0, 0.05) is 17.5 Å². The van der Waals surface area contributed by atoms with Gasteiger partial charge in [-0.05, 0) is 14.1 Å². The first-order valence-electron chi connectivity index (χ1n) is 3.70. The van der Waals surface area contributed by atoms with Gasteiger partial charge in [0.05, 0.1) is 5.57 Å². The van der Waals surface area contributed by atoms with Crippen LogP contribution in [0.3, 0.4) is 0 Å². The molecule has 0 aliphatic rings. The summed E-state index contributed by atoms with van der Waals surface area (Å²) < 4.78 is 0. The topological polar surface area (TPSA) is 77.8 Å². The van der Waals surface area contributed by atoms with E-state index in [0.717, 1.165) is 0 Å². The van der Waals surface area contributed by atoms with Crippen molar-refractivity contribution in [1.29, 1.82) is 0 Å². The third-order valence-corrected chi connectivity index (χ3v) is 1.61. The Kier molecular flexibility index (Phi) is 4.96. The highest BCUT2D eigenvalue weighted by Crippen LogP contribution is 2.00. The number of aliphatic carboxylic acids is 2. The summed E-state index contributed by atoms with van der Waals surface area (Å²) in [6.45, 7) is 0.237. The van der Waals surface area contributed by atoms with E-state index >= 15 is 0 Å². The Morgan fingerprint density at radius 3 is 2.14 bits per heavy atom. The smallest absolute Gasteiger partial charge is 0.337 e. The van der Waals surface area contributed by atoms with Gasteiger partial charge in [0.15, 0.2) is 0 Å². The van der Waals surface area contributed by atoms with E-state index in [4.69, 9.17) is 22.4 Å². The van der Waals surface area contributed by atoms with Crippen LogP contribution in [0.4, 0.5) is 0 Å². The molecule has 78 valence electrons. The number of hydrogen-bond acceptors (Lipinski definition) is 4. The lowest BCUT2D eigenvalue weighted by Gasteiger charge is -2.10. The molecule has 0 aromatic carbocycles. The van der Waals surface area contributed by atoms with Gasteiger partial charge >= 0.3 is 11.9 Å². The predicted octanol–water partition coefficient (Wildman–Crippen LogP) is 0.0135. The quantitative estimate of drug-likeness (QED) is 0.499. The molecule has 6 heteroatoms. The molecule has 0 aliphatic heterocycles. The third kappa shape index (κ3) is 4.68. The molecule has 0 saturated carbocycles. The minimum atomic E-state index is -1.32. The highest BCUT2D eigenvalue weighted by Gasteiger charge is 2.15. The Morgan fingerprint density at radius 1 is 1.36 bits per heavy atom. The number of nitrogens with zero attached hydrogens (tertiary/aromatic N) is 1. The van der Waals surface area contributed by atoms with Crippen LogP contribution in [0.2, 0.25) is 0 Å². The average Bonchev–Trinajstić information content (AvgIpc) is 1.97. The normalized spacial score (nSPS) is 11.5. The van der Waals surface area contributed by atoms with Crippen LogP contribution in [-0.4, -0.2) is 52.6 Å². The predicted molar refractivity (Wildman–Crippen MR) is 54.5 cm³/mol. The van der Waals surface area contributed by atoms with Crippen LogP contribution in [-0.2, 0) is 9.59 Å². The van der Waals surface area contributed by atoms with E-state index in [9.17, 15) is 9.59 Å².